The number of benzene rings is 2. The number of esters is 1. The van der Waals surface area contributed by atoms with Gasteiger partial charge in [0.05, 0.1) is 6.26 Å². The van der Waals surface area contributed by atoms with E-state index in [9.17, 15) is 9.59 Å². The van der Waals surface area contributed by atoms with Crippen molar-refractivity contribution in [3.8, 4) is 5.75 Å². The largest absolute Gasteiger partial charge is 0.459 e. The van der Waals surface area contributed by atoms with Gasteiger partial charge >= 0.3 is 5.97 Å². The number of nitrogens with one attached hydrogen (secondary N) is 1. The van der Waals surface area contributed by atoms with Crippen LogP contribution >= 0.6 is 23.4 Å². The van der Waals surface area contributed by atoms with E-state index in [2.05, 4.69) is 5.32 Å². The van der Waals surface area contributed by atoms with Crippen LogP contribution in [0.15, 0.2) is 76.2 Å². The standard InChI is InChI=1S/C20H16ClNO4S/c1-13(27-17-9-7-14(21)8-10-17)20(24)26-16-5-2-4-15(12-16)22-19(23)18-6-3-11-25-18/h2-13H,1H3,(H,22,23). The van der Waals surface area contributed by atoms with Crippen LogP contribution in [0.4, 0.5) is 5.69 Å². The van der Waals surface area contributed by atoms with E-state index in [-0.39, 0.29) is 17.6 Å². The highest BCUT2D eigenvalue weighted by Crippen LogP contribution is 2.26. The van der Waals surface area contributed by atoms with Crippen LogP contribution in [0.1, 0.15) is 17.5 Å². The fourth-order valence-corrected chi connectivity index (χ4v) is 3.17. The van der Waals surface area contributed by atoms with Crippen molar-refractivity contribution < 1.29 is 18.7 Å². The molecule has 138 valence electrons. The fourth-order valence-electron chi connectivity index (χ4n) is 2.20. The minimum absolute atomic E-state index is 0.199. The summed E-state index contributed by atoms with van der Waals surface area (Å²) in [6.07, 6.45) is 1.42. The number of ether oxygens (including phenoxy) is 1. The van der Waals surface area contributed by atoms with Crippen molar-refractivity contribution in [2.24, 2.45) is 0 Å². The molecule has 0 fully saturated rings. The number of thioether (sulfide) groups is 1. The molecule has 0 spiro atoms. The van der Waals surface area contributed by atoms with Crippen LogP contribution in [0, 0.1) is 0 Å². The van der Waals surface area contributed by atoms with Gasteiger partial charge in [-0.05, 0) is 55.5 Å². The summed E-state index contributed by atoms with van der Waals surface area (Å²) >= 11 is 7.24. The number of anilines is 1. The Balaban J connectivity index is 1.60. The molecule has 3 aromatic rings. The van der Waals surface area contributed by atoms with E-state index in [4.69, 9.17) is 20.8 Å². The number of amides is 1. The highest BCUT2D eigenvalue weighted by Gasteiger charge is 2.17. The Morgan fingerprint density at radius 3 is 2.59 bits per heavy atom. The third kappa shape index (κ3) is 5.39. The van der Waals surface area contributed by atoms with Crippen LogP contribution in [0.2, 0.25) is 5.02 Å². The third-order valence-corrected chi connectivity index (χ3v) is 4.86. The molecule has 1 aromatic heterocycles. The predicted molar refractivity (Wildman–Crippen MR) is 106 cm³/mol. The minimum atomic E-state index is -0.410. The second-order valence-corrected chi connectivity index (χ2v) is 7.45. The number of halogens is 1. The molecular formula is C20H16ClNO4S. The van der Waals surface area contributed by atoms with Gasteiger partial charge in [-0.25, -0.2) is 0 Å². The van der Waals surface area contributed by atoms with Crippen LogP contribution in [-0.2, 0) is 4.79 Å². The van der Waals surface area contributed by atoms with Gasteiger partial charge in [0.15, 0.2) is 5.76 Å². The summed E-state index contributed by atoms with van der Waals surface area (Å²) in [5.41, 5.74) is 0.500. The van der Waals surface area contributed by atoms with Crippen LogP contribution in [-0.4, -0.2) is 17.1 Å². The molecule has 5 nitrogen and oxygen atoms in total. The van der Waals surface area contributed by atoms with Crippen LogP contribution in [0.3, 0.4) is 0 Å². The summed E-state index contributed by atoms with van der Waals surface area (Å²) in [6.45, 7) is 1.77. The van der Waals surface area contributed by atoms with Gasteiger partial charge in [0.1, 0.15) is 11.0 Å². The average molecular weight is 402 g/mol. The summed E-state index contributed by atoms with van der Waals surface area (Å²) in [6, 6.07) is 17.1. The summed E-state index contributed by atoms with van der Waals surface area (Å²) in [5, 5.41) is 2.92. The maximum absolute atomic E-state index is 12.3. The number of carbonyl (C=O) groups is 2. The molecule has 0 aliphatic heterocycles. The SMILES string of the molecule is CC(Sc1ccc(Cl)cc1)C(=O)Oc1cccc(NC(=O)c2ccco2)c1. The maximum atomic E-state index is 12.3. The van der Waals surface area contributed by atoms with Gasteiger partial charge in [-0.15, -0.1) is 11.8 Å². The van der Waals surface area contributed by atoms with Gasteiger partial charge in [-0.2, -0.15) is 0 Å². The molecule has 1 amide bonds. The number of hydrogen-bond acceptors (Lipinski definition) is 5. The van der Waals surface area contributed by atoms with Crippen LogP contribution in [0.25, 0.3) is 0 Å². The molecule has 27 heavy (non-hydrogen) atoms. The smallest absolute Gasteiger partial charge is 0.324 e. The highest BCUT2D eigenvalue weighted by atomic mass is 35.5. The monoisotopic (exact) mass is 401 g/mol. The second kappa shape index (κ2) is 8.79. The lowest BCUT2D eigenvalue weighted by Crippen LogP contribution is -2.20. The zero-order chi connectivity index (χ0) is 19.2. The minimum Gasteiger partial charge on any atom is -0.459 e. The van der Waals surface area contributed by atoms with E-state index in [1.807, 2.05) is 12.1 Å². The van der Waals surface area contributed by atoms with Gasteiger partial charge in [-0.3, -0.25) is 9.59 Å². The normalized spacial score (nSPS) is 11.6. The first-order valence-electron chi connectivity index (χ1n) is 8.10. The predicted octanol–water partition coefficient (Wildman–Crippen LogP) is 5.27. The highest BCUT2D eigenvalue weighted by molar-refractivity contribution is 8.00. The van der Waals surface area contributed by atoms with Crippen LogP contribution < -0.4 is 10.1 Å². The lowest BCUT2D eigenvalue weighted by Gasteiger charge is -2.12. The summed E-state index contributed by atoms with van der Waals surface area (Å²) < 4.78 is 10.5. The van der Waals surface area contributed by atoms with Crippen molar-refractivity contribution in [2.45, 2.75) is 17.1 Å². The van der Waals surface area contributed by atoms with Crippen molar-refractivity contribution in [1.29, 1.82) is 0 Å². The first kappa shape index (κ1) is 19.1. The molecule has 0 aliphatic rings. The van der Waals surface area contributed by atoms with Gasteiger partial charge < -0.3 is 14.5 Å². The third-order valence-electron chi connectivity index (χ3n) is 3.51. The average Bonchev–Trinajstić information content (AvgIpc) is 3.19. The number of furan rings is 1. The zero-order valence-electron chi connectivity index (χ0n) is 14.3. The lowest BCUT2D eigenvalue weighted by molar-refractivity contribution is -0.133. The van der Waals surface area contributed by atoms with Crippen molar-refractivity contribution in [3.05, 3.63) is 77.7 Å². The van der Waals surface area contributed by atoms with E-state index in [0.29, 0.717) is 16.5 Å². The van der Waals surface area contributed by atoms with E-state index in [0.717, 1.165) is 4.90 Å². The molecule has 0 radical (unpaired) electrons. The molecule has 0 bridgehead atoms. The molecular weight excluding hydrogens is 386 g/mol. The fraction of sp³-hybridized carbons (Fsp3) is 0.100. The Bertz CT molecular complexity index is 925. The molecule has 7 heteroatoms. The van der Waals surface area contributed by atoms with Crippen molar-refractivity contribution in [1.82, 2.24) is 0 Å². The molecule has 0 saturated carbocycles. The molecule has 1 heterocycles. The van der Waals surface area contributed by atoms with Gasteiger partial charge in [0.25, 0.3) is 5.91 Å². The molecule has 1 N–H and O–H groups in total. The van der Waals surface area contributed by atoms with Crippen LogP contribution in [0.5, 0.6) is 5.75 Å². The van der Waals surface area contributed by atoms with E-state index >= 15 is 0 Å². The lowest BCUT2D eigenvalue weighted by atomic mass is 10.3. The van der Waals surface area contributed by atoms with Crippen molar-refractivity contribution >= 4 is 40.9 Å². The summed E-state index contributed by atoms with van der Waals surface area (Å²) in [4.78, 5) is 25.3. The quantitative estimate of drug-likeness (QED) is 0.346. The van der Waals surface area contributed by atoms with E-state index < -0.39 is 5.25 Å². The summed E-state index contributed by atoms with van der Waals surface area (Å²) in [5.74, 6) is -0.217. The topological polar surface area (TPSA) is 68.5 Å². The van der Waals surface area contributed by atoms with Gasteiger partial charge in [0.2, 0.25) is 0 Å². The molecule has 1 unspecified atom stereocenters. The molecule has 2 aromatic carbocycles. The van der Waals surface area contributed by atoms with E-state index in [1.165, 1.54) is 18.0 Å². The Hall–Kier alpha value is -2.70. The number of hydrogen-bond donors (Lipinski definition) is 1. The molecule has 0 saturated heterocycles. The van der Waals surface area contributed by atoms with Crippen molar-refractivity contribution in [3.63, 3.8) is 0 Å². The Morgan fingerprint density at radius 2 is 1.89 bits per heavy atom. The Morgan fingerprint density at radius 1 is 1.11 bits per heavy atom. The maximum Gasteiger partial charge on any atom is 0.324 e. The molecule has 3 rings (SSSR count). The van der Waals surface area contributed by atoms with Gasteiger partial charge in [-0.1, -0.05) is 17.7 Å². The summed E-state index contributed by atoms with van der Waals surface area (Å²) in [7, 11) is 0. The first-order chi connectivity index (χ1) is 13.0. The number of rotatable bonds is 6. The molecule has 1 atom stereocenters. The molecule has 0 aliphatic carbocycles. The second-order valence-electron chi connectivity index (χ2n) is 5.59. The number of carbonyl (C=O) groups excluding carboxylic acids is 2. The Kier molecular flexibility index (Phi) is 6.21. The Labute approximate surface area is 165 Å². The first-order valence-corrected chi connectivity index (χ1v) is 9.36. The van der Waals surface area contributed by atoms with E-state index in [1.54, 1.807) is 55.5 Å². The zero-order valence-corrected chi connectivity index (χ0v) is 15.9. The van der Waals surface area contributed by atoms with Gasteiger partial charge in [0, 0.05) is 21.7 Å². The van der Waals surface area contributed by atoms with Crippen molar-refractivity contribution in [2.75, 3.05) is 5.32 Å².